The van der Waals surface area contributed by atoms with Gasteiger partial charge < -0.3 is 30.2 Å². The number of likely N-dealkylation sites (tertiary alicyclic amines) is 2. The van der Waals surface area contributed by atoms with Crippen LogP contribution in [-0.2, 0) is 17.8 Å². The van der Waals surface area contributed by atoms with E-state index in [0.29, 0.717) is 44.9 Å². The molecule has 0 bridgehead atoms. The third-order valence-corrected chi connectivity index (χ3v) is 10.5. The van der Waals surface area contributed by atoms with E-state index in [2.05, 4.69) is 59.5 Å². The van der Waals surface area contributed by atoms with Crippen molar-refractivity contribution in [2.24, 2.45) is 0 Å². The summed E-state index contributed by atoms with van der Waals surface area (Å²) in [7, 11) is 2.18. The molecule has 4 heterocycles. The zero-order valence-electron chi connectivity index (χ0n) is 27.1. The number of hydrogen-bond donors (Lipinski definition) is 2. The fourth-order valence-electron chi connectivity index (χ4n) is 7.36. The maximum atomic E-state index is 14.0. The lowest BCUT2D eigenvalue weighted by Gasteiger charge is -2.43. The largest absolute Gasteiger partial charge is 0.341 e. The van der Waals surface area contributed by atoms with E-state index in [9.17, 15) is 14.4 Å². The summed E-state index contributed by atoms with van der Waals surface area (Å²) in [6, 6.07) is 13.9. The Morgan fingerprint density at radius 2 is 1.51 bits per heavy atom. The molecule has 2 aromatic carbocycles. The van der Waals surface area contributed by atoms with Crippen molar-refractivity contribution in [1.29, 1.82) is 0 Å². The lowest BCUT2D eigenvalue weighted by atomic mass is 9.98. The number of fused-ring (bicyclic) bond motifs is 1. The number of benzene rings is 2. The number of nitrogens with zero attached hydrogens (tertiary/aromatic N) is 5. The highest BCUT2D eigenvalue weighted by molar-refractivity contribution is 5.92. The van der Waals surface area contributed by atoms with Gasteiger partial charge in [-0.15, -0.1) is 0 Å². The molecule has 4 aliphatic rings. The van der Waals surface area contributed by atoms with Crippen LogP contribution in [0, 0.1) is 13.8 Å². The van der Waals surface area contributed by atoms with Crippen LogP contribution in [0.3, 0.4) is 0 Å². The minimum absolute atomic E-state index is 0.0111. The van der Waals surface area contributed by atoms with E-state index in [1.54, 1.807) is 0 Å². The normalized spacial score (nSPS) is 21.3. The Hall–Kier alpha value is -3.63. The molecule has 2 N–H and O–H groups in total. The van der Waals surface area contributed by atoms with Gasteiger partial charge in [0, 0.05) is 83.1 Å². The summed E-state index contributed by atoms with van der Waals surface area (Å²) in [4.78, 5) is 51.2. The highest BCUT2D eigenvalue weighted by Crippen LogP contribution is 2.28. The quantitative estimate of drug-likeness (QED) is 0.518. The van der Waals surface area contributed by atoms with Crippen LogP contribution in [0.4, 0.5) is 15.3 Å². The van der Waals surface area contributed by atoms with Gasteiger partial charge in [-0.25, -0.2) is 9.59 Å². The van der Waals surface area contributed by atoms with Crippen LogP contribution in [0.1, 0.15) is 47.9 Å². The molecule has 6 rings (SSSR count). The number of piperazine rings is 1. The number of urea groups is 2. The molecule has 45 heavy (non-hydrogen) atoms. The topological polar surface area (TPSA) is 91.5 Å². The van der Waals surface area contributed by atoms with Crippen molar-refractivity contribution in [3.05, 3.63) is 64.7 Å². The lowest BCUT2D eigenvalue weighted by Crippen LogP contribution is -2.58. The van der Waals surface area contributed by atoms with Crippen LogP contribution in [0.2, 0.25) is 0 Å². The summed E-state index contributed by atoms with van der Waals surface area (Å²) in [6.07, 6.45) is 3.83. The predicted molar refractivity (Wildman–Crippen MR) is 176 cm³/mol. The van der Waals surface area contributed by atoms with Crippen LogP contribution >= 0.6 is 0 Å². The minimum Gasteiger partial charge on any atom is -0.341 e. The first-order chi connectivity index (χ1) is 21.7. The number of amides is 5. The molecule has 2 aromatic rings. The van der Waals surface area contributed by atoms with Crippen molar-refractivity contribution >= 4 is 23.7 Å². The SMILES string of the molecule is Cc1ccc(CC(NC(=O)N2CCC(N3Cc4ccccc4NC3=O)CC2)C(=O)N2CCC(N3CCN(C)CC3)CC2)cc1C. The van der Waals surface area contributed by atoms with Gasteiger partial charge in [0.25, 0.3) is 0 Å². The van der Waals surface area contributed by atoms with Crippen molar-refractivity contribution in [2.75, 3.05) is 64.7 Å². The zero-order chi connectivity index (χ0) is 31.5. The molecule has 1 unspecified atom stereocenters. The molecule has 1 atom stereocenters. The minimum atomic E-state index is -0.623. The standard InChI is InChI=1S/C35H49N7O3/c1-25-8-9-27(22-26(25)2)23-32(33(43)40-14-10-29(11-15-40)39-20-18-38(3)19-21-39)37-34(44)41-16-12-30(13-17-41)42-24-28-6-4-5-7-31(28)36-35(42)45/h4-9,22,29-30,32H,10-21,23-24H2,1-3H3,(H,36,45)(H,37,44). The molecule has 0 saturated carbocycles. The van der Waals surface area contributed by atoms with Crippen LogP contribution in [-0.4, -0.2) is 120 Å². The van der Waals surface area contributed by atoms with Gasteiger partial charge in [0.15, 0.2) is 0 Å². The van der Waals surface area contributed by atoms with Crippen molar-refractivity contribution in [3.63, 3.8) is 0 Å². The maximum Gasteiger partial charge on any atom is 0.322 e. The van der Waals surface area contributed by atoms with E-state index in [1.165, 1.54) is 11.1 Å². The summed E-state index contributed by atoms with van der Waals surface area (Å²) >= 11 is 0. The van der Waals surface area contributed by atoms with Gasteiger partial charge >= 0.3 is 12.1 Å². The van der Waals surface area contributed by atoms with Crippen LogP contribution in [0.25, 0.3) is 0 Å². The Labute approximate surface area is 267 Å². The number of anilines is 1. The molecule has 3 saturated heterocycles. The van der Waals surface area contributed by atoms with Gasteiger partial charge in [-0.1, -0.05) is 36.4 Å². The third kappa shape index (κ3) is 7.28. The summed E-state index contributed by atoms with van der Waals surface area (Å²) in [5.41, 5.74) is 5.44. The Morgan fingerprint density at radius 1 is 0.844 bits per heavy atom. The zero-order valence-corrected chi connectivity index (χ0v) is 27.1. The number of para-hydroxylation sites is 1. The van der Waals surface area contributed by atoms with Gasteiger partial charge in [-0.05, 0) is 74.9 Å². The van der Waals surface area contributed by atoms with Crippen molar-refractivity contribution < 1.29 is 14.4 Å². The van der Waals surface area contributed by atoms with Gasteiger partial charge in [0.1, 0.15) is 6.04 Å². The predicted octanol–water partition coefficient (Wildman–Crippen LogP) is 3.67. The number of piperidine rings is 2. The molecule has 0 aliphatic carbocycles. The van der Waals surface area contributed by atoms with E-state index in [-0.39, 0.29) is 24.0 Å². The number of likely N-dealkylation sites (N-methyl/N-ethyl adjacent to an activating group) is 1. The molecule has 242 valence electrons. The lowest BCUT2D eigenvalue weighted by molar-refractivity contribution is -0.135. The first-order valence-corrected chi connectivity index (χ1v) is 16.7. The molecule has 0 radical (unpaired) electrons. The molecule has 0 spiro atoms. The highest BCUT2D eigenvalue weighted by Gasteiger charge is 2.35. The molecule has 10 nitrogen and oxygen atoms in total. The fourth-order valence-corrected chi connectivity index (χ4v) is 7.36. The first kappa shape index (κ1) is 31.4. The average Bonchev–Trinajstić information content (AvgIpc) is 3.06. The second-order valence-electron chi connectivity index (χ2n) is 13.5. The molecule has 3 fully saturated rings. The van der Waals surface area contributed by atoms with E-state index in [4.69, 9.17) is 0 Å². The molecular weight excluding hydrogens is 566 g/mol. The molecule has 4 aliphatic heterocycles. The summed E-state index contributed by atoms with van der Waals surface area (Å²) in [5, 5.41) is 6.16. The fraction of sp³-hybridized carbons (Fsp3) is 0.571. The monoisotopic (exact) mass is 615 g/mol. The Bertz CT molecular complexity index is 1380. The molecular formula is C35H49N7O3. The molecule has 10 heteroatoms. The highest BCUT2D eigenvalue weighted by atomic mass is 16.2. The molecule has 5 amide bonds. The summed E-state index contributed by atoms with van der Waals surface area (Å²) in [5.74, 6) is 0.0111. The van der Waals surface area contributed by atoms with Crippen LogP contribution in [0.15, 0.2) is 42.5 Å². The number of nitrogens with one attached hydrogen (secondary N) is 2. The van der Waals surface area contributed by atoms with Crippen molar-refractivity contribution in [2.45, 2.75) is 70.6 Å². The van der Waals surface area contributed by atoms with E-state index in [0.717, 1.165) is 68.9 Å². The number of aryl methyl sites for hydroxylation is 2. The maximum absolute atomic E-state index is 14.0. The Morgan fingerprint density at radius 3 is 2.22 bits per heavy atom. The third-order valence-electron chi connectivity index (χ3n) is 10.5. The van der Waals surface area contributed by atoms with E-state index >= 15 is 0 Å². The van der Waals surface area contributed by atoms with Crippen molar-refractivity contribution in [3.8, 4) is 0 Å². The van der Waals surface area contributed by atoms with Gasteiger partial charge in [-0.3, -0.25) is 9.69 Å². The first-order valence-electron chi connectivity index (χ1n) is 16.7. The van der Waals surface area contributed by atoms with Gasteiger partial charge in [0.05, 0.1) is 0 Å². The molecule has 0 aromatic heterocycles. The summed E-state index contributed by atoms with van der Waals surface area (Å²) in [6.45, 7) is 11.7. The van der Waals surface area contributed by atoms with E-state index in [1.807, 2.05) is 39.0 Å². The second kappa shape index (κ2) is 13.8. The Balaban J connectivity index is 1.07. The Kier molecular flexibility index (Phi) is 9.61. The number of carbonyl (C=O) groups is 3. The average molecular weight is 616 g/mol. The number of rotatable bonds is 6. The van der Waals surface area contributed by atoms with Gasteiger partial charge in [-0.2, -0.15) is 0 Å². The van der Waals surface area contributed by atoms with Crippen LogP contribution < -0.4 is 10.6 Å². The second-order valence-corrected chi connectivity index (χ2v) is 13.5. The van der Waals surface area contributed by atoms with Gasteiger partial charge in [0.2, 0.25) is 5.91 Å². The number of hydrogen-bond acceptors (Lipinski definition) is 5. The van der Waals surface area contributed by atoms with E-state index < -0.39 is 6.04 Å². The smallest absolute Gasteiger partial charge is 0.322 e. The van der Waals surface area contributed by atoms with Crippen LogP contribution in [0.5, 0.6) is 0 Å². The summed E-state index contributed by atoms with van der Waals surface area (Å²) < 4.78 is 0. The van der Waals surface area contributed by atoms with Crippen molar-refractivity contribution in [1.82, 2.24) is 29.8 Å². The number of carbonyl (C=O) groups excluding carboxylic acids is 3.